The Balaban J connectivity index is 1.88. The molecule has 0 aromatic heterocycles. The Hall–Kier alpha value is -1.64. The van der Waals surface area contributed by atoms with Crippen LogP contribution in [-0.4, -0.2) is 56.2 Å². The molecule has 0 bridgehead atoms. The number of rotatable bonds is 3. The third kappa shape index (κ3) is 2.61. The molecule has 1 N–H and O–H groups in total. The number of morpholine rings is 1. The summed E-state index contributed by atoms with van der Waals surface area (Å²) < 4.78 is 36.7. The molecule has 1 aromatic carbocycles. The van der Waals surface area contributed by atoms with Crippen molar-refractivity contribution >= 4 is 16.0 Å². The zero-order chi connectivity index (χ0) is 15.0. The summed E-state index contributed by atoms with van der Waals surface area (Å²) in [5, 5.41) is 8.96. The predicted molar refractivity (Wildman–Crippen MR) is 71.8 cm³/mol. The van der Waals surface area contributed by atoms with Crippen LogP contribution in [0.2, 0.25) is 0 Å². The van der Waals surface area contributed by atoms with E-state index in [1.807, 2.05) is 0 Å². The summed E-state index contributed by atoms with van der Waals surface area (Å²) in [6.45, 7) is 0.604. The van der Waals surface area contributed by atoms with Gasteiger partial charge in [-0.3, -0.25) is 0 Å². The van der Waals surface area contributed by atoms with Crippen LogP contribution in [0.3, 0.4) is 0 Å². The van der Waals surface area contributed by atoms with Gasteiger partial charge in [-0.15, -0.1) is 0 Å². The van der Waals surface area contributed by atoms with Gasteiger partial charge in [0.05, 0.1) is 24.7 Å². The Morgan fingerprint density at radius 2 is 2.14 bits per heavy atom. The van der Waals surface area contributed by atoms with Gasteiger partial charge in [0, 0.05) is 13.0 Å². The number of benzene rings is 1. The van der Waals surface area contributed by atoms with Crippen molar-refractivity contribution in [3.05, 3.63) is 23.8 Å². The van der Waals surface area contributed by atoms with Crippen molar-refractivity contribution in [2.24, 2.45) is 0 Å². The summed E-state index contributed by atoms with van der Waals surface area (Å²) in [5.41, 5.74) is 0.860. The Morgan fingerprint density at radius 3 is 2.90 bits per heavy atom. The number of fused-ring (bicyclic) bond motifs is 1. The van der Waals surface area contributed by atoms with Crippen LogP contribution in [0.5, 0.6) is 5.75 Å². The molecule has 8 heteroatoms. The minimum Gasteiger partial charge on any atom is -0.493 e. The van der Waals surface area contributed by atoms with Gasteiger partial charge in [0.15, 0.2) is 6.10 Å². The van der Waals surface area contributed by atoms with Gasteiger partial charge in [0.25, 0.3) is 0 Å². The average Bonchev–Trinajstić information content (AvgIpc) is 2.94. The zero-order valence-corrected chi connectivity index (χ0v) is 12.0. The molecule has 1 fully saturated rings. The molecule has 1 unspecified atom stereocenters. The lowest BCUT2D eigenvalue weighted by molar-refractivity contribution is -0.153. The maximum atomic E-state index is 12.6. The minimum atomic E-state index is -3.72. The number of carboxylic acid groups (broad SMARTS) is 1. The molecule has 2 heterocycles. The van der Waals surface area contributed by atoms with Crippen molar-refractivity contribution in [2.45, 2.75) is 17.4 Å². The number of aliphatic carboxylic acids is 1. The van der Waals surface area contributed by atoms with E-state index in [4.69, 9.17) is 14.6 Å². The molecule has 1 atom stereocenters. The fourth-order valence-electron chi connectivity index (χ4n) is 2.47. The summed E-state index contributed by atoms with van der Waals surface area (Å²) in [7, 11) is -3.72. The van der Waals surface area contributed by atoms with Crippen molar-refractivity contribution in [3.63, 3.8) is 0 Å². The lowest BCUT2D eigenvalue weighted by Crippen LogP contribution is -2.48. The van der Waals surface area contributed by atoms with Crippen LogP contribution in [0.15, 0.2) is 23.1 Å². The van der Waals surface area contributed by atoms with E-state index in [0.717, 1.165) is 9.87 Å². The van der Waals surface area contributed by atoms with E-state index in [-0.39, 0.29) is 24.6 Å². The standard InChI is InChI=1S/C13H15NO6S/c15-13(16)12-8-14(4-6-20-12)21(17,18)10-1-2-11-9(7-10)3-5-19-11/h1-2,7,12H,3-6,8H2,(H,15,16). The lowest BCUT2D eigenvalue weighted by atomic mass is 10.2. The van der Waals surface area contributed by atoms with Gasteiger partial charge in [-0.25, -0.2) is 13.2 Å². The second-order valence-corrected chi connectivity index (χ2v) is 6.87. The van der Waals surface area contributed by atoms with E-state index in [1.165, 1.54) is 6.07 Å². The Morgan fingerprint density at radius 1 is 1.33 bits per heavy atom. The van der Waals surface area contributed by atoms with Crippen LogP contribution >= 0.6 is 0 Å². The normalized spacial score (nSPS) is 22.6. The Kier molecular flexibility index (Phi) is 3.60. The summed E-state index contributed by atoms with van der Waals surface area (Å²) >= 11 is 0. The highest BCUT2D eigenvalue weighted by Gasteiger charge is 2.34. The first-order chi connectivity index (χ1) is 9.98. The molecule has 7 nitrogen and oxygen atoms in total. The number of nitrogens with zero attached hydrogens (tertiary/aromatic N) is 1. The molecule has 2 aliphatic rings. The van der Waals surface area contributed by atoms with E-state index < -0.39 is 22.1 Å². The maximum absolute atomic E-state index is 12.6. The average molecular weight is 313 g/mol. The molecule has 1 aromatic rings. The molecular formula is C13H15NO6S. The molecule has 0 spiro atoms. The third-order valence-electron chi connectivity index (χ3n) is 3.60. The number of hydrogen-bond acceptors (Lipinski definition) is 5. The summed E-state index contributed by atoms with van der Waals surface area (Å²) in [5.74, 6) is -0.448. The van der Waals surface area contributed by atoms with Crippen LogP contribution in [0.1, 0.15) is 5.56 Å². The summed E-state index contributed by atoms with van der Waals surface area (Å²) in [6, 6.07) is 4.73. The van der Waals surface area contributed by atoms with E-state index in [1.54, 1.807) is 12.1 Å². The van der Waals surface area contributed by atoms with E-state index in [9.17, 15) is 13.2 Å². The fourth-order valence-corrected chi connectivity index (χ4v) is 3.94. The lowest BCUT2D eigenvalue weighted by Gasteiger charge is -2.30. The van der Waals surface area contributed by atoms with Gasteiger partial charge in [-0.2, -0.15) is 4.31 Å². The maximum Gasteiger partial charge on any atom is 0.334 e. The summed E-state index contributed by atoms with van der Waals surface area (Å²) in [4.78, 5) is 11.1. The van der Waals surface area contributed by atoms with E-state index in [0.29, 0.717) is 18.8 Å². The van der Waals surface area contributed by atoms with Crippen molar-refractivity contribution in [2.75, 3.05) is 26.3 Å². The molecule has 2 aliphatic heterocycles. The molecule has 0 amide bonds. The minimum absolute atomic E-state index is 0.0737. The number of ether oxygens (including phenoxy) is 2. The topological polar surface area (TPSA) is 93.1 Å². The van der Waals surface area contributed by atoms with E-state index in [2.05, 4.69) is 0 Å². The zero-order valence-electron chi connectivity index (χ0n) is 11.2. The monoisotopic (exact) mass is 313 g/mol. The first-order valence-corrected chi connectivity index (χ1v) is 8.03. The summed E-state index contributed by atoms with van der Waals surface area (Å²) in [6.07, 6.45) is -0.439. The second-order valence-electron chi connectivity index (χ2n) is 4.93. The Labute approximate surface area is 122 Å². The molecule has 3 rings (SSSR count). The number of sulfonamides is 1. The molecular weight excluding hydrogens is 298 g/mol. The third-order valence-corrected chi connectivity index (χ3v) is 5.46. The van der Waals surface area contributed by atoms with Gasteiger partial charge < -0.3 is 14.6 Å². The van der Waals surface area contributed by atoms with Crippen LogP contribution in [0, 0.1) is 0 Å². The van der Waals surface area contributed by atoms with Crippen LogP contribution in [0.25, 0.3) is 0 Å². The van der Waals surface area contributed by atoms with Crippen molar-refractivity contribution < 1.29 is 27.8 Å². The molecule has 0 aliphatic carbocycles. The van der Waals surface area contributed by atoms with Crippen LogP contribution in [-0.2, 0) is 26.0 Å². The molecule has 114 valence electrons. The first-order valence-electron chi connectivity index (χ1n) is 6.59. The van der Waals surface area contributed by atoms with E-state index >= 15 is 0 Å². The SMILES string of the molecule is O=C(O)C1CN(S(=O)(=O)c2ccc3c(c2)CCO3)CCO1. The number of carbonyl (C=O) groups is 1. The van der Waals surface area contributed by atoms with Crippen LogP contribution in [0.4, 0.5) is 0 Å². The van der Waals surface area contributed by atoms with Gasteiger partial charge in [0.2, 0.25) is 10.0 Å². The highest BCUT2D eigenvalue weighted by Crippen LogP contribution is 2.29. The highest BCUT2D eigenvalue weighted by molar-refractivity contribution is 7.89. The second kappa shape index (κ2) is 5.28. The Bertz CT molecular complexity index is 671. The van der Waals surface area contributed by atoms with Gasteiger partial charge in [-0.05, 0) is 23.8 Å². The van der Waals surface area contributed by atoms with Crippen molar-refractivity contribution in [3.8, 4) is 5.75 Å². The van der Waals surface area contributed by atoms with Gasteiger partial charge >= 0.3 is 5.97 Å². The molecule has 0 saturated carbocycles. The predicted octanol–water partition coefficient (Wildman–Crippen LogP) is 0.0956. The first kappa shape index (κ1) is 14.3. The van der Waals surface area contributed by atoms with Gasteiger partial charge in [0.1, 0.15) is 5.75 Å². The number of carboxylic acids is 1. The molecule has 1 saturated heterocycles. The largest absolute Gasteiger partial charge is 0.493 e. The molecule has 21 heavy (non-hydrogen) atoms. The van der Waals surface area contributed by atoms with Crippen LogP contribution < -0.4 is 4.74 Å². The quantitative estimate of drug-likeness (QED) is 0.850. The van der Waals surface area contributed by atoms with Crippen molar-refractivity contribution in [1.29, 1.82) is 0 Å². The molecule has 0 radical (unpaired) electrons. The number of hydrogen-bond donors (Lipinski definition) is 1. The smallest absolute Gasteiger partial charge is 0.334 e. The van der Waals surface area contributed by atoms with Crippen molar-refractivity contribution in [1.82, 2.24) is 4.31 Å². The van der Waals surface area contributed by atoms with Gasteiger partial charge in [-0.1, -0.05) is 0 Å². The highest BCUT2D eigenvalue weighted by atomic mass is 32.2. The fraction of sp³-hybridized carbons (Fsp3) is 0.462.